The molecular weight excluding hydrogens is 297 g/mol. The molecule has 0 aromatic heterocycles. The van der Waals surface area contributed by atoms with Crippen LogP contribution in [-0.4, -0.2) is 3.79 Å². The topological polar surface area (TPSA) is 0 Å². The van der Waals surface area contributed by atoms with Gasteiger partial charge in [0.05, 0.1) is 0 Å². The van der Waals surface area contributed by atoms with Crippen molar-refractivity contribution in [2.24, 2.45) is 0 Å². The molecule has 0 saturated heterocycles. The van der Waals surface area contributed by atoms with E-state index < -0.39 is 8.13 Å². The summed E-state index contributed by atoms with van der Waals surface area (Å²) in [5.74, 6) is 0. The molecule has 0 saturated carbocycles. The summed E-state index contributed by atoms with van der Waals surface area (Å²) < 4.78 is -3.30. The van der Waals surface area contributed by atoms with Gasteiger partial charge in [0, 0.05) is 0 Å². The summed E-state index contributed by atoms with van der Waals surface area (Å²) >= 11 is 29.4. The number of hydrogen-bond acceptors (Lipinski definition) is 0. The fourth-order valence-electron chi connectivity index (χ4n) is 1.29. The van der Waals surface area contributed by atoms with Gasteiger partial charge >= 0.3 is 0 Å². The lowest BCUT2D eigenvalue weighted by Crippen LogP contribution is -2.29. The van der Waals surface area contributed by atoms with Gasteiger partial charge in [-0.1, -0.05) is 89.2 Å². The Balaban J connectivity index is 3.26. The molecule has 5 heteroatoms. The monoisotopic (exact) mass is 304 g/mol. The lowest BCUT2D eigenvalue weighted by molar-refractivity contribution is 0.855. The lowest BCUT2D eigenvalue weighted by atomic mass is 10.0. The summed E-state index contributed by atoms with van der Waals surface area (Å²) in [5, 5.41) is 0. The first-order chi connectivity index (χ1) is 6.80. The molecule has 0 fully saturated rings. The van der Waals surface area contributed by atoms with Gasteiger partial charge in [0.2, 0.25) is 3.79 Å². The maximum atomic E-state index is 6.09. The van der Waals surface area contributed by atoms with Crippen molar-refractivity contribution in [3.8, 4) is 0 Å². The number of hydrogen-bond donors (Lipinski definition) is 0. The highest BCUT2D eigenvalue weighted by Crippen LogP contribution is 2.53. The molecule has 0 nitrogen and oxygen atoms in total. The van der Waals surface area contributed by atoms with Crippen LogP contribution < -0.4 is 0 Å². The molecule has 0 amide bonds. The minimum atomic E-state index is -1.76. The third-order valence-corrected chi connectivity index (χ3v) is 4.50. The first kappa shape index (κ1) is 13.7. The minimum absolute atomic E-state index is 0.635. The van der Waals surface area contributed by atoms with Crippen LogP contribution in [0.3, 0.4) is 0 Å². The predicted molar refractivity (Wildman–Crippen MR) is 69.5 cm³/mol. The van der Waals surface area contributed by atoms with Crippen LogP contribution in [0.2, 0.25) is 0 Å². The van der Waals surface area contributed by atoms with E-state index in [0.29, 0.717) is 5.56 Å². The van der Waals surface area contributed by atoms with Crippen molar-refractivity contribution in [1.29, 1.82) is 0 Å². The van der Waals surface area contributed by atoms with Gasteiger partial charge in [-0.05, 0) is 17.5 Å². The minimum Gasteiger partial charge on any atom is -0.0915 e. The third kappa shape index (κ3) is 2.87. The van der Waals surface area contributed by atoms with Crippen molar-refractivity contribution < 1.29 is 0 Å². The van der Waals surface area contributed by atoms with Crippen molar-refractivity contribution in [3.63, 3.8) is 0 Å². The molecule has 0 aliphatic carbocycles. The second-order valence-electron chi connectivity index (χ2n) is 3.08. The van der Waals surface area contributed by atoms with Crippen LogP contribution >= 0.6 is 58.0 Å². The Labute approximate surface area is 114 Å². The molecular formula is C10H9Cl5. The molecule has 1 aromatic carbocycles. The molecule has 0 N–H and O–H groups in total. The van der Waals surface area contributed by atoms with Crippen LogP contribution in [0.1, 0.15) is 18.1 Å². The Kier molecular flexibility index (Phi) is 4.48. The molecule has 1 rings (SSSR count). The number of aryl methyl sites for hydroxylation is 1. The Hall–Kier alpha value is 0.670. The summed E-state index contributed by atoms with van der Waals surface area (Å²) in [4.78, 5) is 0. The average Bonchev–Trinajstić information content (AvgIpc) is 2.16. The normalized spacial score (nSPS) is 12.9. The van der Waals surface area contributed by atoms with E-state index >= 15 is 0 Å². The highest BCUT2D eigenvalue weighted by Gasteiger charge is 2.48. The summed E-state index contributed by atoms with van der Waals surface area (Å²) in [6, 6.07) is 7.38. The van der Waals surface area contributed by atoms with Gasteiger partial charge in [-0.15, -0.1) is 0 Å². The zero-order valence-electron chi connectivity index (χ0n) is 7.91. The molecule has 0 atom stereocenters. The van der Waals surface area contributed by atoms with Gasteiger partial charge in [0.25, 0.3) is 0 Å². The smallest absolute Gasteiger partial charge is 0.0915 e. The molecule has 84 valence electrons. The van der Waals surface area contributed by atoms with E-state index in [0.717, 1.165) is 12.0 Å². The standard InChI is InChI=1S/C10H9Cl5/c1-2-7-5-3-4-6-8(7)9(11,12)10(13,14)15/h3-6H,2H2,1H3. The van der Waals surface area contributed by atoms with Crippen molar-refractivity contribution >= 4 is 58.0 Å². The number of halogens is 5. The van der Waals surface area contributed by atoms with E-state index in [-0.39, 0.29) is 0 Å². The van der Waals surface area contributed by atoms with E-state index in [4.69, 9.17) is 58.0 Å². The zero-order valence-corrected chi connectivity index (χ0v) is 11.7. The molecule has 0 unspecified atom stereocenters. The Morgan fingerprint density at radius 2 is 1.53 bits per heavy atom. The van der Waals surface area contributed by atoms with Crippen LogP contribution in [0.4, 0.5) is 0 Å². The van der Waals surface area contributed by atoms with Gasteiger partial charge in [-0.25, -0.2) is 0 Å². The van der Waals surface area contributed by atoms with E-state index in [2.05, 4.69) is 0 Å². The fraction of sp³-hybridized carbons (Fsp3) is 0.400. The van der Waals surface area contributed by atoms with Gasteiger partial charge in [-0.3, -0.25) is 0 Å². The summed E-state index contributed by atoms with van der Waals surface area (Å²) in [6.07, 6.45) is 0.776. The number of alkyl halides is 5. The largest absolute Gasteiger partial charge is 0.227 e. The quantitative estimate of drug-likeness (QED) is 0.655. The van der Waals surface area contributed by atoms with Gasteiger partial charge in [-0.2, -0.15) is 0 Å². The maximum absolute atomic E-state index is 6.09. The molecule has 0 radical (unpaired) electrons. The Bertz CT molecular complexity index is 340. The van der Waals surface area contributed by atoms with Crippen LogP contribution in [0.15, 0.2) is 24.3 Å². The zero-order chi connectivity index (χ0) is 11.7. The Morgan fingerprint density at radius 1 is 1.00 bits per heavy atom. The summed E-state index contributed by atoms with van der Waals surface area (Å²) in [6.45, 7) is 1.99. The maximum Gasteiger partial charge on any atom is 0.227 e. The van der Waals surface area contributed by atoms with Gasteiger partial charge in [0.15, 0.2) is 4.33 Å². The first-order valence-electron chi connectivity index (χ1n) is 4.33. The summed E-state index contributed by atoms with van der Waals surface area (Å²) in [5.41, 5.74) is 1.60. The number of rotatable bonds is 2. The van der Waals surface area contributed by atoms with Crippen molar-refractivity contribution in [3.05, 3.63) is 35.4 Å². The van der Waals surface area contributed by atoms with Crippen LogP contribution in [0, 0.1) is 0 Å². The molecule has 0 aliphatic rings. The van der Waals surface area contributed by atoms with Crippen LogP contribution in [0.25, 0.3) is 0 Å². The van der Waals surface area contributed by atoms with E-state index in [1.165, 1.54) is 0 Å². The van der Waals surface area contributed by atoms with Crippen LogP contribution in [0.5, 0.6) is 0 Å². The summed E-state index contributed by atoms with van der Waals surface area (Å²) in [7, 11) is 0. The fourth-order valence-corrected chi connectivity index (χ4v) is 1.96. The second kappa shape index (κ2) is 4.89. The molecule has 0 heterocycles. The molecule has 0 bridgehead atoms. The lowest BCUT2D eigenvalue weighted by Gasteiger charge is -2.29. The average molecular weight is 306 g/mol. The highest BCUT2D eigenvalue weighted by atomic mass is 35.6. The molecule has 15 heavy (non-hydrogen) atoms. The molecule has 0 aliphatic heterocycles. The van der Waals surface area contributed by atoms with E-state index in [1.54, 1.807) is 6.07 Å². The van der Waals surface area contributed by atoms with Gasteiger partial charge in [0.1, 0.15) is 0 Å². The SMILES string of the molecule is CCc1ccccc1C(Cl)(Cl)C(Cl)(Cl)Cl. The Morgan fingerprint density at radius 3 is 2.00 bits per heavy atom. The van der Waals surface area contributed by atoms with E-state index in [9.17, 15) is 0 Å². The van der Waals surface area contributed by atoms with Crippen LogP contribution in [-0.2, 0) is 10.8 Å². The second-order valence-corrected chi connectivity index (χ2v) is 6.69. The van der Waals surface area contributed by atoms with E-state index in [1.807, 2.05) is 25.1 Å². The molecule has 0 spiro atoms. The third-order valence-electron chi connectivity index (χ3n) is 2.09. The van der Waals surface area contributed by atoms with Gasteiger partial charge < -0.3 is 0 Å². The van der Waals surface area contributed by atoms with Crippen molar-refractivity contribution in [2.75, 3.05) is 0 Å². The predicted octanol–water partition coefficient (Wildman–Crippen LogP) is 5.25. The first-order valence-corrected chi connectivity index (χ1v) is 6.22. The highest BCUT2D eigenvalue weighted by molar-refractivity contribution is 6.75. The number of benzene rings is 1. The van der Waals surface area contributed by atoms with Crippen molar-refractivity contribution in [1.82, 2.24) is 0 Å². The van der Waals surface area contributed by atoms with Crippen molar-refractivity contribution in [2.45, 2.75) is 21.5 Å². The molecule has 1 aromatic rings.